The molecular formula is C37H81N7O7S. The smallest absolute Gasteiger partial charge is 0.315 e. The minimum absolute atomic E-state index is 0.00704. The molecule has 0 saturated heterocycles. The summed E-state index contributed by atoms with van der Waals surface area (Å²) in [4.78, 5) is 54.7. The van der Waals surface area contributed by atoms with Gasteiger partial charge in [-0.05, 0) is 103 Å². The molecule has 0 unspecified atom stereocenters. The molecule has 14 nitrogen and oxygen atoms in total. The first-order valence-electron chi connectivity index (χ1n) is 18.6. The van der Waals surface area contributed by atoms with E-state index < -0.39 is 10.0 Å². The molecule has 0 heterocycles. The first-order valence-corrected chi connectivity index (χ1v) is 20.2. The van der Waals surface area contributed by atoms with E-state index in [0.29, 0.717) is 12.3 Å². The highest BCUT2D eigenvalue weighted by molar-refractivity contribution is 7.90. The Morgan fingerprint density at radius 3 is 1.02 bits per heavy atom. The van der Waals surface area contributed by atoms with Crippen LogP contribution in [0.3, 0.4) is 0 Å². The molecule has 0 spiro atoms. The summed E-state index contributed by atoms with van der Waals surface area (Å²) in [5, 5.41) is 16.0. The standard InChI is InChI=1S/C9H18N2O2.C8H17NO.C7H16N2O.C7H15NO.C6H15NO2S/c1-6(2)9(13)10-5-8(12)11-7(3)4;1-6(2)5-8(10)9-7(3)4;1-5(2)8-7(10)9-6(3)4;1-5(2)7(9)8-6(3)4;1-5(2)7-10(8,9)6(3)4/h6-7H,5H2,1-4H3,(H,10,13)(H,11,12);6-7H,5H2,1-4H3,(H,9,10);5-6H,1-4H3,(H2,8,9,10);5-6H,1-4H3,(H,8,9);5-7H,1-4H3. The summed E-state index contributed by atoms with van der Waals surface area (Å²) in [6.07, 6.45) is 0.637. The molecule has 0 fully saturated rings. The maximum Gasteiger partial charge on any atom is 0.315 e. The maximum atomic E-state index is 11.1. The Hall–Kier alpha value is -2.94. The Balaban J connectivity index is -0.000000178. The van der Waals surface area contributed by atoms with Crippen LogP contribution in [0, 0.1) is 17.8 Å². The second kappa shape index (κ2) is 32.7. The number of amides is 6. The molecule has 0 rings (SSSR count). The predicted octanol–water partition coefficient (Wildman–Crippen LogP) is 4.83. The van der Waals surface area contributed by atoms with Gasteiger partial charge in [-0.2, -0.15) is 0 Å². The summed E-state index contributed by atoms with van der Waals surface area (Å²) >= 11 is 0. The molecule has 0 radical (unpaired) electrons. The molecule has 0 aliphatic rings. The topological polar surface area (TPSA) is 204 Å². The van der Waals surface area contributed by atoms with Gasteiger partial charge in [-0.1, -0.05) is 41.5 Å². The molecule has 7 N–H and O–H groups in total. The third kappa shape index (κ3) is 49.2. The molecule has 0 aliphatic heterocycles. The summed E-state index contributed by atoms with van der Waals surface area (Å²) in [7, 11) is -3.05. The molecule has 0 bridgehead atoms. The van der Waals surface area contributed by atoms with Gasteiger partial charge in [0, 0.05) is 54.5 Å². The molecule has 0 saturated carbocycles. The highest BCUT2D eigenvalue weighted by atomic mass is 32.2. The fourth-order valence-electron chi connectivity index (χ4n) is 2.98. The SMILES string of the molecule is CC(C)CC(=O)NC(C)C.CC(C)NC(=O)C(C)C.CC(C)NC(=O)CNC(=O)C(C)C.CC(C)NC(=O)NC(C)C.CC(C)NS(=O)(=O)C(C)C. The summed E-state index contributed by atoms with van der Waals surface area (Å²) in [5.41, 5.74) is 0. The van der Waals surface area contributed by atoms with E-state index >= 15 is 0 Å². The molecule has 0 aromatic carbocycles. The van der Waals surface area contributed by atoms with Crippen molar-refractivity contribution in [2.45, 2.75) is 186 Å². The first-order chi connectivity index (χ1) is 23.4. The Bertz CT molecular complexity index is 1020. The number of carbonyl (C=O) groups is 5. The van der Waals surface area contributed by atoms with Gasteiger partial charge in [0.1, 0.15) is 0 Å². The fraction of sp³-hybridized carbons (Fsp3) is 0.865. The van der Waals surface area contributed by atoms with Crippen LogP contribution in [0.1, 0.15) is 145 Å². The van der Waals surface area contributed by atoms with Crippen LogP contribution >= 0.6 is 0 Å². The average Bonchev–Trinajstić information content (AvgIpc) is 2.89. The van der Waals surface area contributed by atoms with E-state index in [-0.39, 0.29) is 89.5 Å². The lowest BCUT2D eigenvalue weighted by atomic mass is 10.1. The maximum absolute atomic E-state index is 11.1. The van der Waals surface area contributed by atoms with Crippen molar-refractivity contribution in [2.24, 2.45) is 17.8 Å². The first kappa shape index (κ1) is 58.4. The Morgan fingerprint density at radius 1 is 0.442 bits per heavy atom. The van der Waals surface area contributed by atoms with Gasteiger partial charge >= 0.3 is 6.03 Å². The summed E-state index contributed by atoms with van der Waals surface area (Å²) in [5.74, 6) is 0.524. The van der Waals surface area contributed by atoms with Crippen LogP contribution in [0.15, 0.2) is 0 Å². The lowest BCUT2D eigenvalue weighted by Crippen LogP contribution is -2.42. The number of hydrogen-bond acceptors (Lipinski definition) is 7. The van der Waals surface area contributed by atoms with Gasteiger partial charge in [0.2, 0.25) is 33.7 Å². The number of sulfonamides is 1. The van der Waals surface area contributed by atoms with E-state index in [4.69, 9.17) is 0 Å². The minimum Gasteiger partial charge on any atom is -0.354 e. The molecule has 15 heteroatoms. The van der Waals surface area contributed by atoms with E-state index in [0.717, 1.165) is 0 Å². The van der Waals surface area contributed by atoms with Gasteiger partial charge in [0.25, 0.3) is 0 Å². The quantitative estimate of drug-likeness (QED) is 0.131. The van der Waals surface area contributed by atoms with Gasteiger partial charge in [-0.3, -0.25) is 19.2 Å². The van der Waals surface area contributed by atoms with Gasteiger partial charge < -0.3 is 31.9 Å². The number of nitrogens with one attached hydrogen (secondary N) is 7. The Morgan fingerprint density at radius 2 is 0.788 bits per heavy atom. The highest BCUT2D eigenvalue weighted by Crippen LogP contribution is 1.98. The summed E-state index contributed by atoms with van der Waals surface area (Å²) in [6, 6.07) is 0.963. The van der Waals surface area contributed by atoms with Crippen molar-refractivity contribution in [1.82, 2.24) is 36.6 Å². The summed E-state index contributed by atoms with van der Waals surface area (Å²) < 4.78 is 24.6. The zero-order chi connectivity index (χ0) is 42.5. The largest absolute Gasteiger partial charge is 0.354 e. The molecular weight excluding hydrogens is 687 g/mol. The van der Waals surface area contributed by atoms with Crippen LogP contribution in [-0.2, 0) is 29.2 Å². The van der Waals surface area contributed by atoms with Crippen LogP contribution in [0.2, 0.25) is 0 Å². The molecule has 0 aromatic rings. The van der Waals surface area contributed by atoms with Crippen molar-refractivity contribution in [3.05, 3.63) is 0 Å². The monoisotopic (exact) mass is 768 g/mol. The lowest BCUT2D eigenvalue weighted by Gasteiger charge is -2.11. The van der Waals surface area contributed by atoms with E-state index in [2.05, 4.69) is 36.6 Å². The van der Waals surface area contributed by atoms with Crippen LogP contribution in [0.5, 0.6) is 0 Å². The van der Waals surface area contributed by atoms with Gasteiger partial charge in [0.05, 0.1) is 11.8 Å². The number of hydrogen-bond donors (Lipinski definition) is 7. The molecule has 0 atom stereocenters. The minimum atomic E-state index is -3.05. The van der Waals surface area contributed by atoms with Crippen molar-refractivity contribution in [3.8, 4) is 0 Å². The van der Waals surface area contributed by atoms with Gasteiger partial charge in [0.15, 0.2) is 0 Å². The molecule has 312 valence electrons. The van der Waals surface area contributed by atoms with Crippen molar-refractivity contribution >= 4 is 39.7 Å². The number of urea groups is 1. The zero-order valence-corrected chi connectivity index (χ0v) is 37.3. The van der Waals surface area contributed by atoms with Crippen LogP contribution in [-0.4, -0.2) is 86.1 Å². The Labute approximate surface area is 318 Å². The van der Waals surface area contributed by atoms with Crippen LogP contribution in [0.4, 0.5) is 4.79 Å². The summed E-state index contributed by atoms with van der Waals surface area (Å²) in [6.45, 7) is 37.8. The lowest BCUT2D eigenvalue weighted by molar-refractivity contribution is -0.128. The highest BCUT2D eigenvalue weighted by Gasteiger charge is 2.15. The zero-order valence-electron chi connectivity index (χ0n) is 36.5. The second-order valence-corrected chi connectivity index (χ2v) is 17.8. The second-order valence-electron chi connectivity index (χ2n) is 15.5. The van der Waals surface area contributed by atoms with E-state index in [1.54, 1.807) is 41.5 Å². The third-order valence-electron chi connectivity index (χ3n) is 5.26. The third-order valence-corrected chi connectivity index (χ3v) is 7.30. The van der Waals surface area contributed by atoms with E-state index in [1.807, 2.05) is 96.9 Å². The van der Waals surface area contributed by atoms with Gasteiger partial charge in [-0.15, -0.1) is 0 Å². The number of carbonyl (C=O) groups excluding carboxylic acids is 5. The molecule has 0 aliphatic carbocycles. The van der Waals surface area contributed by atoms with Crippen LogP contribution in [0.25, 0.3) is 0 Å². The Kier molecular flexibility index (Phi) is 36.7. The van der Waals surface area contributed by atoms with E-state index in [1.165, 1.54) is 0 Å². The van der Waals surface area contributed by atoms with E-state index in [9.17, 15) is 32.4 Å². The molecule has 0 aromatic heterocycles. The van der Waals surface area contributed by atoms with Crippen molar-refractivity contribution < 1.29 is 32.4 Å². The normalized spacial score (nSPS) is 10.9. The van der Waals surface area contributed by atoms with Gasteiger partial charge in [-0.25, -0.2) is 17.9 Å². The van der Waals surface area contributed by atoms with Crippen molar-refractivity contribution in [1.29, 1.82) is 0 Å². The van der Waals surface area contributed by atoms with Crippen LogP contribution < -0.4 is 36.6 Å². The predicted molar refractivity (Wildman–Crippen MR) is 216 cm³/mol. The number of rotatable bonds is 14. The molecule has 6 amide bonds. The fourth-order valence-corrected chi connectivity index (χ4v) is 3.91. The molecule has 52 heavy (non-hydrogen) atoms. The van der Waals surface area contributed by atoms with Crippen molar-refractivity contribution in [2.75, 3.05) is 6.54 Å². The average molecular weight is 768 g/mol. The van der Waals surface area contributed by atoms with Crippen molar-refractivity contribution in [3.63, 3.8) is 0 Å².